The van der Waals surface area contributed by atoms with E-state index in [1.54, 1.807) is 6.92 Å². The van der Waals surface area contributed by atoms with Gasteiger partial charge in [0.15, 0.2) is 0 Å². The number of hydrogen-bond donors (Lipinski definition) is 2. The number of rotatable bonds is 5. The van der Waals surface area contributed by atoms with Crippen LogP contribution in [0.1, 0.15) is 30.6 Å². The summed E-state index contributed by atoms with van der Waals surface area (Å²) in [5.74, 6) is -1.86. The lowest BCUT2D eigenvalue weighted by atomic mass is 9.99. The van der Waals surface area contributed by atoms with Gasteiger partial charge in [-0.15, -0.1) is 0 Å². The number of hydrogen-bond acceptors (Lipinski definition) is 4. The molecule has 0 aliphatic rings. The number of carboxylic acid groups (broad SMARTS) is 1. The monoisotopic (exact) mass is 253 g/mol. The van der Waals surface area contributed by atoms with Crippen LogP contribution in [0.25, 0.3) is 0 Å². The Labute approximate surface area is 104 Å². The van der Waals surface area contributed by atoms with Gasteiger partial charge in [0.25, 0.3) is 5.91 Å². The zero-order valence-corrected chi connectivity index (χ0v) is 10.2. The molecule has 2 N–H and O–H groups in total. The van der Waals surface area contributed by atoms with E-state index in [1.807, 2.05) is 6.92 Å². The third kappa shape index (κ3) is 3.44. The number of nitrogens with one attached hydrogen (secondary N) is 1. The molecular formula is C12H15NO5. The lowest BCUT2D eigenvalue weighted by Crippen LogP contribution is -2.45. The molecule has 1 heterocycles. The molecule has 0 aromatic carbocycles. The lowest BCUT2D eigenvalue weighted by molar-refractivity contribution is -0.140. The molecule has 0 aliphatic carbocycles. The molecule has 98 valence electrons. The van der Waals surface area contributed by atoms with Crippen LogP contribution in [-0.2, 0) is 4.79 Å². The lowest BCUT2D eigenvalue weighted by Gasteiger charge is -2.19. The number of amides is 1. The minimum atomic E-state index is -1.09. The third-order valence-corrected chi connectivity index (χ3v) is 2.73. The van der Waals surface area contributed by atoms with Crippen molar-refractivity contribution in [3.8, 4) is 0 Å². The molecule has 0 unspecified atom stereocenters. The van der Waals surface area contributed by atoms with Crippen molar-refractivity contribution in [3.63, 3.8) is 0 Å². The van der Waals surface area contributed by atoms with Gasteiger partial charge in [0.1, 0.15) is 12.3 Å². The standard InChI is InChI=1S/C12H15NO5/c1-3-7(2)10(12(16)17)13-11(15)8-4-5-9(14)18-6-8/h4-7,10H,3H2,1-2H3,(H,13,15)(H,16,17)/t7-,10-/m0/s1. The predicted octanol–water partition coefficient (Wildman–Crippen LogP) is 0.869. The molecular weight excluding hydrogens is 238 g/mol. The van der Waals surface area contributed by atoms with Gasteiger partial charge in [-0.05, 0) is 12.0 Å². The van der Waals surface area contributed by atoms with Gasteiger partial charge >= 0.3 is 11.6 Å². The molecule has 1 amide bonds. The van der Waals surface area contributed by atoms with Crippen LogP contribution in [0.5, 0.6) is 0 Å². The van der Waals surface area contributed by atoms with Crippen LogP contribution in [-0.4, -0.2) is 23.0 Å². The van der Waals surface area contributed by atoms with Crippen LogP contribution < -0.4 is 10.9 Å². The average molecular weight is 253 g/mol. The normalized spacial score (nSPS) is 13.7. The number of carboxylic acids is 1. The Morgan fingerprint density at radius 1 is 1.44 bits per heavy atom. The van der Waals surface area contributed by atoms with Crippen molar-refractivity contribution in [1.82, 2.24) is 5.32 Å². The fourth-order valence-corrected chi connectivity index (χ4v) is 1.39. The summed E-state index contributed by atoms with van der Waals surface area (Å²) in [5.41, 5.74) is -0.451. The topological polar surface area (TPSA) is 96.6 Å². The molecule has 1 aromatic heterocycles. The quantitative estimate of drug-likeness (QED) is 0.811. The summed E-state index contributed by atoms with van der Waals surface area (Å²) < 4.78 is 4.54. The summed E-state index contributed by atoms with van der Waals surface area (Å²) in [6, 6.07) is 1.43. The molecule has 1 rings (SSSR count). The number of carbonyl (C=O) groups is 2. The van der Waals surface area contributed by atoms with Crippen molar-refractivity contribution in [2.24, 2.45) is 5.92 Å². The SMILES string of the molecule is CC[C@H](C)[C@H](NC(=O)c1ccc(=O)oc1)C(=O)O. The highest BCUT2D eigenvalue weighted by atomic mass is 16.4. The predicted molar refractivity (Wildman–Crippen MR) is 63.3 cm³/mol. The highest BCUT2D eigenvalue weighted by molar-refractivity contribution is 5.96. The van der Waals surface area contributed by atoms with Crippen molar-refractivity contribution >= 4 is 11.9 Å². The van der Waals surface area contributed by atoms with Crippen molar-refractivity contribution in [1.29, 1.82) is 0 Å². The summed E-state index contributed by atoms with van der Waals surface area (Å²) in [5, 5.41) is 11.4. The molecule has 0 spiro atoms. The Morgan fingerprint density at radius 2 is 2.11 bits per heavy atom. The minimum Gasteiger partial charge on any atom is -0.480 e. The molecule has 18 heavy (non-hydrogen) atoms. The first-order valence-electron chi connectivity index (χ1n) is 5.58. The van der Waals surface area contributed by atoms with E-state index in [2.05, 4.69) is 9.73 Å². The van der Waals surface area contributed by atoms with Gasteiger partial charge in [-0.1, -0.05) is 20.3 Å². The second-order valence-electron chi connectivity index (χ2n) is 4.02. The molecule has 6 nitrogen and oxygen atoms in total. The summed E-state index contributed by atoms with van der Waals surface area (Å²) in [6.07, 6.45) is 1.63. The summed E-state index contributed by atoms with van der Waals surface area (Å²) in [6.45, 7) is 3.58. The van der Waals surface area contributed by atoms with Gasteiger partial charge in [0, 0.05) is 6.07 Å². The molecule has 6 heteroatoms. The molecule has 0 saturated heterocycles. The first-order chi connectivity index (χ1) is 8.45. The maximum Gasteiger partial charge on any atom is 0.335 e. The van der Waals surface area contributed by atoms with E-state index in [0.717, 1.165) is 12.3 Å². The number of carbonyl (C=O) groups excluding carboxylic acids is 1. The van der Waals surface area contributed by atoms with Crippen LogP contribution in [0, 0.1) is 5.92 Å². The highest BCUT2D eigenvalue weighted by Gasteiger charge is 2.25. The van der Waals surface area contributed by atoms with E-state index in [0.29, 0.717) is 6.42 Å². The maximum absolute atomic E-state index is 11.8. The summed E-state index contributed by atoms with van der Waals surface area (Å²) in [4.78, 5) is 33.5. The summed E-state index contributed by atoms with van der Waals surface area (Å²) >= 11 is 0. The highest BCUT2D eigenvalue weighted by Crippen LogP contribution is 2.09. The Hall–Kier alpha value is -2.11. The smallest absolute Gasteiger partial charge is 0.335 e. The van der Waals surface area contributed by atoms with Gasteiger partial charge in [-0.3, -0.25) is 4.79 Å². The van der Waals surface area contributed by atoms with E-state index >= 15 is 0 Å². The Balaban J connectivity index is 2.81. The van der Waals surface area contributed by atoms with Crippen molar-refractivity contribution in [2.75, 3.05) is 0 Å². The molecule has 0 aliphatic heterocycles. The van der Waals surface area contributed by atoms with Crippen LogP contribution in [0.2, 0.25) is 0 Å². The van der Waals surface area contributed by atoms with Crippen LogP contribution in [0.15, 0.2) is 27.6 Å². The van der Waals surface area contributed by atoms with Crippen molar-refractivity contribution in [2.45, 2.75) is 26.3 Å². The Kier molecular flexibility index (Phi) is 4.65. The van der Waals surface area contributed by atoms with Gasteiger partial charge in [-0.2, -0.15) is 0 Å². The van der Waals surface area contributed by atoms with Gasteiger partial charge < -0.3 is 14.8 Å². The Morgan fingerprint density at radius 3 is 2.56 bits per heavy atom. The maximum atomic E-state index is 11.8. The van der Waals surface area contributed by atoms with E-state index in [-0.39, 0.29) is 11.5 Å². The van der Waals surface area contributed by atoms with E-state index in [4.69, 9.17) is 5.11 Å². The second-order valence-corrected chi connectivity index (χ2v) is 4.02. The van der Waals surface area contributed by atoms with Crippen LogP contribution in [0.4, 0.5) is 0 Å². The second kappa shape index (κ2) is 6.00. The molecule has 0 fully saturated rings. The summed E-state index contributed by atoms with van der Waals surface area (Å²) in [7, 11) is 0. The van der Waals surface area contributed by atoms with Gasteiger partial charge in [-0.25, -0.2) is 9.59 Å². The number of aliphatic carboxylic acids is 1. The van der Waals surface area contributed by atoms with Crippen LogP contribution >= 0.6 is 0 Å². The van der Waals surface area contributed by atoms with Crippen LogP contribution in [0.3, 0.4) is 0 Å². The van der Waals surface area contributed by atoms with Gasteiger partial charge in [0.05, 0.1) is 5.56 Å². The zero-order valence-electron chi connectivity index (χ0n) is 10.2. The molecule has 0 bridgehead atoms. The first-order valence-corrected chi connectivity index (χ1v) is 5.58. The Bertz CT molecular complexity index is 473. The zero-order chi connectivity index (χ0) is 13.7. The first kappa shape index (κ1) is 14.0. The molecule has 2 atom stereocenters. The average Bonchev–Trinajstić information content (AvgIpc) is 2.35. The molecule has 0 radical (unpaired) electrons. The van der Waals surface area contributed by atoms with Crippen molar-refractivity contribution in [3.05, 3.63) is 34.4 Å². The fraction of sp³-hybridized carbons (Fsp3) is 0.417. The van der Waals surface area contributed by atoms with Crippen molar-refractivity contribution < 1.29 is 19.1 Å². The largest absolute Gasteiger partial charge is 0.480 e. The molecule has 1 aromatic rings. The van der Waals surface area contributed by atoms with E-state index in [1.165, 1.54) is 6.07 Å². The van der Waals surface area contributed by atoms with E-state index < -0.39 is 23.5 Å². The fourth-order valence-electron chi connectivity index (χ4n) is 1.39. The third-order valence-electron chi connectivity index (χ3n) is 2.73. The minimum absolute atomic E-state index is 0.115. The van der Waals surface area contributed by atoms with E-state index in [9.17, 15) is 14.4 Å². The molecule has 0 saturated carbocycles. The van der Waals surface area contributed by atoms with Gasteiger partial charge in [0.2, 0.25) is 0 Å².